The van der Waals surface area contributed by atoms with Gasteiger partial charge in [-0.15, -0.1) is 0 Å². The summed E-state index contributed by atoms with van der Waals surface area (Å²) in [6.07, 6.45) is 11.6. The summed E-state index contributed by atoms with van der Waals surface area (Å²) in [7, 11) is 0. The van der Waals surface area contributed by atoms with Gasteiger partial charge in [-0.1, -0.05) is 18.2 Å². The van der Waals surface area contributed by atoms with Gasteiger partial charge in [0.15, 0.2) is 5.78 Å². The molecule has 4 aliphatic rings. The lowest BCUT2D eigenvalue weighted by Gasteiger charge is -2.73. The molecule has 0 unspecified atom stereocenters. The quantitative estimate of drug-likeness (QED) is 0.282. The number of rotatable bonds is 8. The minimum atomic E-state index is -0.0491. The third-order valence-corrected chi connectivity index (χ3v) is 9.46. The molecule has 0 atom stereocenters. The molecule has 3 heterocycles. The van der Waals surface area contributed by atoms with Gasteiger partial charge in [-0.25, -0.2) is 0 Å². The zero-order valence-electron chi connectivity index (χ0n) is 20.5. The Morgan fingerprint density at radius 1 is 0.944 bits per heavy atom. The second kappa shape index (κ2) is 7.45. The third-order valence-electron chi connectivity index (χ3n) is 9.46. The molecule has 0 saturated heterocycles. The average molecular weight is 476 g/mol. The van der Waals surface area contributed by atoms with Crippen molar-refractivity contribution in [2.24, 2.45) is 16.2 Å². The van der Waals surface area contributed by atoms with Crippen LogP contribution in [-0.2, 0) is 11.3 Å². The Labute approximate surface area is 210 Å². The number of hydrogen-bond acceptors (Lipinski definition) is 4. The van der Waals surface area contributed by atoms with Crippen LogP contribution < -0.4 is 0 Å². The highest BCUT2D eigenvalue weighted by molar-refractivity contribution is 6.07. The molecule has 4 fully saturated rings. The zero-order chi connectivity index (χ0) is 24.5. The molecule has 36 heavy (non-hydrogen) atoms. The van der Waals surface area contributed by atoms with Crippen LogP contribution in [0.5, 0.6) is 0 Å². The van der Waals surface area contributed by atoms with Gasteiger partial charge in [0, 0.05) is 46.9 Å². The van der Waals surface area contributed by atoms with E-state index in [4.69, 9.17) is 0 Å². The maximum absolute atomic E-state index is 13.7. The van der Waals surface area contributed by atoms with Crippen LogP contribution in [0.1, 0.15) is 61.5 Å². The fraction of sp³-hybridized carbons (Fsp3) is 0.355. The van der Waals surface area contributed by atoms with Crippen molar-refractivity contribution in [2.75, 3.05) is 0 Å². The molecule has 2 bridgehead atoms. The van der Waals surface area contributed by atoms with Gasteiger partial charge in [0.2, 0.25) is 0 Å². The highest BCUT2D eigenvalue weighted by atomic mass is 16.1. The number of fused-ring (bicyclic) bond motifs is 1. The first-order chi connectivity index (χ1) is 17.4. The summed E-state index contributed by atoms with van der Waals surface area (Å²) in [5.74, 6) is 0.578. The number of benzene rings is 1. The van der Waals surface area contributed by atoms with Crippen molar-refractivity contribution in [1.29, 1.82) is 0 Å². The molecule has 5 heteroatoms. The smallest absolute Gasteiger partial charge is 0.165 e. The Bertz CT molecular complexity index is 1490. The first kappa shape index (κ1) is 21.7. The SMILES string of the molecule is CC(=O)C12CC(C3(CC(=O)c4cccc5ccn(Cc6ccc(-c7ccccn7)cn6)c45)CC3)(C1)C2. The number of para-hydroxylation sites is 1. The highest BCUT2D eigenvalue weighted by Crippen LogP contribution is 2.85. The monoisotopic (exact) mass is 475 g/mol. The van der Waals surface area contributed by atoms with E-state index in [0.29, 0.717) is 18.7 Å². The predicted molar refractivity (Wildman–Crippen MR) is 139 cm³/mol. The van der Waals surface area contributed by atoms with E-state index in [2.05, 4.69) is 38.9 Å². The normalized spacial score (nSPS) is 25.1. The number of nitrogens with zero attached hydrogens (tertiary/aromatic N) is 3. The summed E-state index contributed by atoms with van der Waals surface area (Å²) >= 11 is 0. The lowest BCUT2D eigenvalue weighted by molar-refractivity contribution is -0.233. The van der Waals surface area contributed by atoms with Gasteiger partial charge in [-0.3, -0.25) is 19.6 Å². The number of hydrogen-bond donors (Lipinski definition) is 0. The number of pyridine rings is 2. The summed E-state index contributed by atoms with van der Waals surface area (Å²) in [5, 5.41) is 1.08. The van der Waals surface area contributed by atoms with E-state index >= 15 is 0 Å². The van der Waals surface area contributed by atoms with E-state index in [1.165, 1.54) is 0 Å². The maximum Gasteiger partial charge on any atom is 0.165 e. The Hall–Kier alpha value is -3.60. The van der Waals surface area contributed by atoms with Crippen LogP contribution in [0.3, 0.4) is 0 Å². The van der Waals surface area contributed by atoms with Crippen LogP contribution in [0.2, 0.25) is 0 Å². The second-order valence-corrected chi connectivity index (χ2v) is 11.5. The molecule has 8 rings (SSSR count). The number of ketones is 2. The van der Waals surface area contributed by atoms with Crippen molar-refractivity contribution in [1.82, 2.24) is 14.5 Å². The molecule has 4 saturated carbocycles. The van der Waals surface area contributed by atoms with Crippen molar-refractivity contribution >= 4 is 22.5 Å². The minimum absolute atomic E-state index is 0.0491. The topological polar surface area (TPSA) is 64.8 Å². The largest absolute Gasteiger partial charge is 0.341 e. The molecule has 4 aromatic rings. The molecular weight excluding hydrogens is 446 g/mol. The molecule has 180 valence electrons. The van der Waals surface area contributed by atoms with Crippen LogP contribution in [0.25, 0.3) is 22.2 Å². The fourth-order valence-corrected chi connectivity index (χ4v) is 7.17. The van der Waals surface area contributed by atoms with Gasteiger partial charge in [0.25, 0.3) is 0 Å². The predicted octanol–water partition coefficient (Wildman–Crippen LogP) is 6.26. The Balaban J connectivity index is 1.13. The molecule has 1 aromatic carbocycles. The lowest BCUT2D eigenvalue weighted by Crippen LogP contribution is -2.68. The molecule has 5 nitrogen and oxygen atoms in total. The van der Waals surface area contributed by atoms with Gasteiger partial charge < -0.3 is 4.57 Å². The van der Waals surface area contributed by atoms with E-state index in [1.807, 2.05) is 42.6 Å². The second-order valence-electron chi connectivity index (χ2n) is 11.5. The molecule has 0 radical (unpaired) electrons. The zero-order valence-corrected chi connectivity index (χ0v) is 20.5. The highest BCUT2D eigenvalue weighted by Gasteiger charge is 2.79. The summed E-state index contributed by atoms with van der Waals surface area (Å²) in [4.78, 5) is 34.9. The first-order valence-corrected chi connectivity index (χ1v) is 12.9. The molecule has 0 aliphatic heterocycles. The Morgan fingerprint density at radius 3 is 2.44 bits per heavy atom. The Morgan fingerprint density at radius 2 is 1.78 bits per heavy atom. The van der Waals surface area contributed by atoms with Gasteiger partial charge in [-0.05, 0) is 86.3 Å². The summed E-state index contributed by atoms with van der Waals surface area (Å²) in [6, 6.07) is 18.1. The van der Waals surface area contributed by atoms with Gasteiger partial charge in [0.1, 0.15) is 5.78 Å². The number of carbonyl (C=O) groups excluding carboxylic acids is 2. The average Bonchev–Trinajstić information content (AvgIpc) is 3.48. The molecule has 0 N–H and O–H groups in total. The number of carbonyl (C=O) groups is 2. The van der Waals surface area contributed by atoms with Crippen molar-refractivity contribution in [3.8, 4) is 11.3 Å². The standard InChI is InChI=1S/C31H29N3O2/c1-21(35)29-18-31(19-29,20-29)30(11-12-30)15-27(36)25-6-4-5-22-10-14-34(28(22)25)17-24-9-8-23(16-33-24)26-7-2-3-13-32-26/h2-10,13-14,16H,11-12,15,17-20H2,1H3. The molecule has 0 spiro atoms. The van der Waals surface area contributed by atoms with E-state index < -0.39 is 0 Å². The molecular formula is C31H29N3O2. The summed E-state index contributed by atoms with van der Waals surface area (Å²) in [5.41, 5.74) is 4.94. The van der Waals surface area contributed by atoms with Crippen molar-refractivity contribution in [3.05, 3.63) is 84.4 Å². The van der Waals surface area contributed by atoms with E-state index in [9.17, 15) is 9.59 Å². The summed E-state index contributed by atoms with van der Waals surface area (Å²) < 4.78 is 2.15. The minimum Gasteiger partial charge on any atom is -0.341 e. The van der Waals surface area contributed by atoms with Gasteiger partial charge in [0.05, 0.1) is 23.4 Å². The lowest BCUT2D eigenvalue weighted by atomic mass is 9.30. The summed E-state index contributed by atoms with van der Waals surface area (Å²) in [6.45, 7) is 2.34. The number of Topliss-reactive ketones (excluding diaryl/α,β-unsaturated/α-hetero) is 2. The van der Waals surface area contributed by atoms with Crippen LogP contribution >= 0.6 is 0 Å². The van der Waals surface area contributed by atoms with E-state index in [1.54, 1.807) is 13.1 Å². The number of aromatic nitrogens is 3. The third kappa shape index (κ3) is 3.08. The Kier molecular flexibility index (Phi) is 4.48. The van der Waals surface area contributed by atoms with Crippen molar-refractivity contribution < 1.29 is 9.59 Å². The van der Waals surface area contributed by atoms with E-state index in [-0.39, 0.29) is 22.0 Å². The maximum atomic E-state index is 13.7. The van der Waals surface area contributed by atoms with Crippen molar-refractivity contribution in [3.63, 3.8) is 0 Å². The van der Waals surface area contributed by atoms with Crippen LogP contribution in [0.4, 0.5) is 0 Å². The van der Waals surface area contributed by atoms with Gasteiger partial charge in [-0.2, -0.15) is 0 Å². The molecule has 4 aliphatic carbocycles. The van der Waals surface area contributed by atoms with Crippen LogP contribution in [0.15, 0.2) is 73.2 Å². The molecule has 3 aromatic heterocycles. The van der Waals surface area contributed by atoms with Crippen LogP contribution in [-0.4, -0.2) is 26.1 Å². The van der Waals surface area contributed by atoms with Crippen molar-refractivity contribution in [2.45, 2.75) is 52.0 Å². The van der Waals surface area contributed by atoms with E-state index in [0.717, 1.165) is 65.5 Å². The van der Waals surface area contributed by atoms with Gasteiger partial charge >= 0.3 is 0 Å². The molecule has 0 amide bonds. The first-order valence-electron chi connectivity index (χ1n) is 12.9. The van der Waals surface area contributed by atoms with Crippen LogP contribution in [0, 0.1) is 16.2 Å². The fourth-order valence-electron chi connectivity index (χ4n) is 7.17.